The van der Waals surface area contributed by atoms with Gasteiger partial charge < -0.3 is 4.74 Å². The Morgan fingerprint density at radius 3 is 2.26 bits per heavy atom. The lowest BCUT2D eigenvalue weighted by atomic mass is 10.1. The summed E-state index contributed by atoms with van der Waals surface area (Å²) in [6.07, 6.45) is 1.97. The molecule has 2 aromatic carbocycles. The first kappa shape index (κ1) is 13.2. The third-order valence-electron chi connectivity index (χ3n) is 2.76. The summed E-state index contributed by atoms with van der Waals surface area (Å²) < 4.78 is 5.99. The van der Waals surface area contributed by atoms with E-state index in [-0.39, 0.29) is 0 Å². The smallest absolute Gasteiger partial charge is 0.135 e. The minimum atomic E-state index is 0.830. The molecule has 0 spiro atoms. The standard InChI is InChI=1S/C18H18O/c1-14(2)13-18(17-12-8-7-9-15(17)3)19-16-10-5-4-6-11-16/h4-13H,1H2,2-3H3/b18-13+. The van der Waals surface area contributed by atoms with Crippen molar-refractivity contribution in [3.8, 4) is 5.75 Å². The number of para-hydroxylation sites is 1. The number of ether oxygens (including phenoxy) is 1. The van der Waals surface area contributed by atoms with Gasteiger partial charge in [-0.05, 0) is 37.6 Å². The fourth-order valence-corrected chi connectivity index (χ4v) is 1.85. The quantitative estimate of drug-likeness (QED) is 0.548. The lowest BCUT2D eigenvalue weighted by molar-refractivity contribution is 0.514. The third kappa shape index (κ3) is 3.59. The number of hydrogen-bond donors (Lipinski definition) is 0. The van der Waals surface area contributed by atoms with E-state index in [0.29, 0.717) is 0 Å². The Morgan fingerprint density at radius 1 is 1.00 bits per heavy atom. The van der Waals surface area contributed by atoms with Crippen molar-refractivity contribution in [1.82, 2.24) is 0 Å². The van der Waals surface area contributed by atoms with Crippen LogP contribution >= 0.6 is 0 Å². The molecule has 0 unspecified atom stereocenters. The van der Waals surface area contributed by atoms with Gasteiger partial charge in [0.1, 0.15) is 11.5 Å². The summed E-state index contributed by atoms with van der Waals surface area (Å²) in [6.45, 7) is 7.98. The van der Waals surface area contributed by atoms with Gasteiger partial charge in [0.25, 0.3) is 0 Å². The van der Waals surface area contributed by atoms with Crippen molar-refractivity contribution < 1.29 is 4.74 Å². The van der Waals surface area contributed by atoms with Crippen molar-refractivity contribution in [2.45, 2.75) is 13.8 Å². The van der Waals surface area contributed by atoms with Crippen LogP contribution < -0.4 is 4.74 Å². The van der Waals surface area contributed by atoms with Crippen LogP contribution in [0.2, 0.25) is 0 Å². The predicted octanol–water partition coefficient (Wildman–Crippen LogP) is 4.99. The summed E-state index contributed by atoms with van der Waals surface area (Å²) >= 11 is 0. The van der Waals surface area contributed by atoms with Gasteiger partial charge in [-0.1, -0.05) is 54.6 Å². The first-order chi connectivity index (χ1) is 9.16. The molecule has 0 aliphatic carbocycles. The zero-order chi connectivity index (χ0) is 13.7. The van der Waals surface area contributed by atoms with E-state index in [9.17, 15) is 0 Å². The summed E-state index contributed by atoms with van der Waals surface area (Å²) in [5.74, 6) is 1.66. The number of rotatable bonds is 4. The molecule has 0 aliphatic heterocycles. The molecule has 0 radical (unpaired) electrons. The van der Waals surface area contributed by atoms with Crippen LogP contribution in [0.4, 0.5) is 0 Å². The normalized spacial score (nSPS) is 11.2. The molecule has 0 amide bonds. The van der Waals surface area contributed by atoms with Crippen LogP contribution in [-0.2, 0) is 0 Å². The summed E-state index contributed by atoms with van der Waals surface area (Å²) in [5, 5.41) is 0. The Labute approximate surface area is 114 Å². The highest BCUT2D eigenvalue weighted by molar-refractivity contribution is 5.67. The van der Waals surface area contributed by atoms with Crippen molar-refractivity contribution >= 4 is 5.76 Å². The summed E-state index contributed by atoms with van der Waals surface area (Å²) in [5.41, 5.74) is 3.24. The van der Waals surface area contributed by atoms with Gasteiger partial charge in [0.05, 0.1) is 0 Å². The molecule has 0 bridgehead atoms. The van der Waals surface area contributed by atoms with E-state index in [2.05, 4.69) is 25.6 Å². The van der Waals surface area contributed by atoms with Crippen LogP contribution in [0.5, 0.6) is 5.75 Å². The fraction of sp³-hybridized carbons (Fsp3) is 0.111. The maximum Gasteiger partial charge on any atom is 0.135 e. The predicted molar refractivity (Wildman–Crippen MR) is 81.0 cm³/mol. The van der Waals surface area contributed by atoms with E-state index in [1.807, 2.05) is 55.5 Å². The zero-order valence-electron chi connectivity index (χ0n) is 11.4. The van der Waals surface area contributed by atoms with Crippen LogP contribution in [0, 0.1) is 6.92 Å². The first-order valence-corrected chi connectivity index (χ1v) is 6.33. The van der Waals surface area contributed by atoms with Crippen molar-refractivity contribution in [1.29, 1.82) is 0 Å². The molecule has 0 N–H and O–H groups in total. The molecule has 2 rings (SSSR count). The molecule has 0 saturated heterocycles. The second-order valence-corrected chi connectivity index (χ2v) is 4.58. The Kier molecular flexibility index (Phi) is 4.19. The SMILES string of the molecule is C=C(C)/C=C(/Oc1ccccc1)c1ccccc1C. The summed E-state index contributed by atoms with van der Waals surface area (Å²) in [4.78, 5) is 0. The molecule has 0 aromatic heterocycles. The highest BCUT2D eigenvalue weighted by Crippen LogP contribution is 2.24. The summed E-state index contributed by atoms with van der Waals surface area (Å²) in [6, 6.07) is 18.0. The number of hydrogen-bond acceptors (Lipinski definition) is 1. The highest BCUT2D eigenvalue weighted by atomic mass is 16.5. The molecule has 1 heteroatoms. The van der Waals surface area contributed by atoms with Gasteiger partial charge in [0, 0.05) is 5.56 Å². The van der Waals surface area contributed by atoms with E-state index < -0.39 is 0 Å². The third-order valence-corrected chi connectivity index (χ3v) is 2.76. The Balaban J connectivity index is 2.38. The van der Waals surface area contributed by atoms with Crippen molar-refractivity contribution in [3.63, 3.8) is 0 Å². The fourth-order valence-electron chi connectivity index (χ4n) is 1.85. The topological polar surface area (TPSA) is 9.23 Å². The largest absolute Gasteiger partial charge is 0.457 e. The van der Waals surface area contributed by atoms with Gasteiger partial charge in [-0.2, -0.15) is 0 Å². The van der Waals surface area contributed by atoms with Gasteiger partial charge in [-0.15, -0.1) is 0 Å². The van der Waals surface area contributed by atoms with Gasteiger partial charge in [-0.3, -0.25) is 0 Å². The molecule has 0 saturated carbocycles. The van der Waals surface area contributed by atoms with Gasteiger partial charge in [0.15, 0.2) is 0 Å². The first-order valence-electron chi connectivity index (χ1n) is 6.33. The van der Waals surface area contributed by atoms with E-state index >= 15 is 0 Å². The van der Waals surface area contributed by atoms with Crippen LogP contribution in [0.1, 0.15) is 18.1 Å². The molecular weight excluding hydrogens is 232 g/mol. The van der Waals surface area contributed by atoms with Gasteiger partial charge >= 0.3 is 0 Å². The molecule has 19 heavy (non-hydrogen) atoms. The number of benzene rings is 2. The summed E-state index contributed by atoms with van der Waals surface area (Å²) in [7, 11) is 0. The lowest BCUT2D eigenvalue weighted by Gasteiger charge is -2.13. The second-order valence-electron chi connectivity index (χ2n) is 4.58. The molecule has 0 heterocycles. The van der Waals surface area contributed by atoms with Crippen LogP contribution in [0.3, 0.4) is 0 Å². The Bertz CT molecular complexity index is 594. The van der Waals surface area contributed by atoms with Crippen molar-refractivity contribution in [3.05, 3.63) is 84.0 Å². The minimum Gasteiger partial charge on any atom is -0.457 e. The van der Waals surface area contributed by atoms with Crippen LogP contribution in [0.15, 0.2) is 72.8 Å². The molecule has 1 nitrogen and oxygen atoms in total. The monoisotopic (exact) mass is 250 g/mol. The Hall–Kier alpha value is -2.28. The molecule has 0 atom stereocenters. The maximum atomic E-state index is 5.99. The highest BCUT2D eigenvalue weighted by Gasteiger charge is 2.07. The number of allylic oxidation sites excluding steroid dienone is 2. The number of aryl methyl sites for hydroxylation is 1. The van der Waals surface area contributed by atoms with E-state index in [1.165, 1.54) is 5.56 Å². The maximum absolute atomic E-state index is 5.99. The molecule has 2 aromatic rings. The second kappa shape index (κ2) is 6.05. The molecule has 0 aliphatic rings. The average Bonchev–Trinajstić information content (AvgIpc) is 2.39. The zero-order valence-corrected chi connectivity index (χ0v) is 11.4. The Morgan fingerprint density at radius 2 is 1.63 bits per heavy atom. The van der Waals surface area contributed by atoms with Gasteiger partial charge in [-0.25, -0.2) is 0 Å². The van der Waals surface area contributed by atoms with Crippen molar-refractivity contribution in [2.24, 2.45) is 0 Å². The van der Waals surface area contributed by atoms with E-state index in [1.54, 1.807) is 0 Å². The molecule has 96 valence electrons. The molecule has 0 fully saturated rings. The van der Waals surface area contributed by atoms with E-state index in [0.717, 1.165) is 22.6 Å². The van der Waals surface area contributed by atoms with Crippen molar-refractivity contribution in [2.75, 3.05) is 0 Å². The van der Waals surface area contributed by atoms with Crippen LogP contribution in [-0.4, -0.2) is 0 Å². The average molecular weight is 250 g/mol. The molecular formula is C18H18O. The van der Waals surface area contributed by atoms with E-state index in [4.69, 9.17) is 4.74 Å². The van der Waals surface area contributed by atoms with Crippen LogP contribution in [0.25, 0.3) is 5.76 Å². The van der Waals surface area contributed by atoms with Gasteiger partial charge in [0.2, 0.25) is 0 Å². The lowest BCUT2D eigenvalue weighted by Crippen LogP contribution is -1.97. The minimum absolute atomic E-state index is 0.830.